The maximum atomic E-state index is 13.8. The first kappa shape index (κ1) is 13.3. The summed E-state index contributed by atoms with van der Waals surface area (Å²) >= 11 is 0. The van der Waals surface area contributed by atoms with Gasteiger partial charge < -0.3 is 10.6 Å². The number of benzene rings is 1. The summed E-state index contributed by atoms with van der Waals surface area (Å²) in [6.07, 6.45) is 4.84. The van der Waals surface area contributed by atoms with E-state index in [-0.39, 0.29) is 5.82 Å². The summed E-state index contributed by atoms with van der Waals surface area (Å²) < 4.78 is 13.8. The molecule has 1 aromatic carbocycles. The molecule has 0 aromatic heterocycles. The number of hydrogen-bond donors (Lipinski definition) is 1. The van der Waals surface area contributed by atoms with E-state index < -0.39 is 0 Å². The molecule has 0 unspecified atom stereocenters. The van der Waals surface area contributed by atoms with Crippen molar-refractivity contribution in [3.8, 4) is 0 Å². The molecule has 1 saturated carbocycles. The number of rotatable bonds is 6. The first-order valence-electron chi connectivity index (χ1n) is 6.90. The van der Waals surface area contributed by atoms with Crippen LogP contribution in [-0.4, -0.2) is 19.6 Å². The fourth-order valence-electron chi connectivity index (χ4n) is 2.76. The van der Waals surface area contributed by atoms with Gasteiger partial charge in [-0.25, -0.2) is 4.39 Å². The molecule has 2 rings (SSSR count). The van der Waals surface area contributed by atoms with Crippen LogP contribution in [0.2, 0.25) is 0 Å². The van der Waals surface area contributed by atoms with Gasteiger partial charge in [-0.1, -0.05) is 18.6 Å². The van der Waals surface area contributed by atoms with Crippen molar-refractivity contribution >= 4 is 5.69 Å². The Balaban J connectivity index is 2.00. The van der Waals surface area contributed by atoms with Crippen molar-refractivity contribution in [2.45, 2.75) is 32.6 Å². The summed E-state index contributed by atoms with van der Waals surface area (Å²) in [4.78, 5) is 2.12. The lowest BCUT2D eigenvalue weighted by molar-refractivity contribution is 0.133. The molecule has 0 saturated heterocycles. The Labute approximate surface area is 109 Å². The molecule has 1 fully saturated rings. The van der Waals surface area contributed by atoms with Gasteiger partial charge in [-0.15, -0.1) is 0 Å². The van der Waals surface area contributed by atoms with Crippen LogP contribution in [0.5, 0.6) is 0 Å². The highest BCUT2D eigenvalue weighted by atomic mass is 19.1. The van der Waals surface area contributed by atoms with Crippen LogP contribution >= 0.6 is 0 Å². The van der Waals surface area contributed by atoms with Crippen molar-refractivity contribution in [3.05, 3.63) is 30.1 Å². The highest BCUT2D eigenvalue weighted by Gasteiger charge is 2.35. The average Bonchev–Trinajstić information content (AvgIpc) is 2.34. The predicted molar refractivity (Wildman–Crippen MR) is 74.2 cm³/mol. The first-order chi connectivity index (χ1) is 8.71. The zero-order valence-corrected chi connectivity index (χ0v) is 11.2. The summed E-state index contributed by atoms with van der Waals surface area (Å²) in [5.41, 5.74) is 6.92. The Kier molecular flexibility index (Phi) is 4.23. The molecule has 2 N–H and O–H groups in total. The van der Waals surface area contributed by atoms with E-state index in [9.17, 15) is 4.39 Å². The monoisotopic (exact) mass is 250 g/mol. The molecule has 0 bridgehead atoms. The summed E-state index contributed by atoms with van der Waals surface area (Å²) in [5, 5.41) is 0. The van der Waals surface area contributed by atoms with E-state index in [1.807, 2.05) is 12.1 Å². The number of halogens is 1. The molecule has 0 spiro atoms. The molecule has 3 heteroatoms. The van der Waals surface area contributed by atoms with Crippen LogP contribution in [0, 0.1) is 11.2 Å². The van der Waals surface area contributed by atoms with Gasteiger partial charge in [0.1, 0.15) is 5.82 Å². The van der Waals surface area contributed by atoms with Crippen molar-refractivity contribution in [3.63, 3.8) is 0 Å². The van der Waals surface area contributed by atoms with Crippen molar-refractivity contribution in [2.24, 2.45) is 11.1 Å². The molecule has 1 aromatic rings. The summed E-state index contributed by atoms with van der Waals surface area (Å²) in [5.74, 6) is -0.130. The van der Waals surface area contributed by atoms with Crippen molar-refractivity contribution in [1.29, 1.82) is 0 Å². The lowest BCUT2D eigenvalue weighted by atomic mass is 9.66. The Hall–Kier alpha value is -1.09. The minimum Gasteiger partial charge on any atom is -0.369 e. The molecule has 0 radical (unpaired) electrons. The molecular formula is C15H23FN2. The van der Waals surface area contributed by atoms with E-state index in [2.05, 4.69) is 11.8 Å². The van der Waals surface area contributed by atoms with Gasteiger partial charge in [-0.3, -0.25) is 0 Å². The largest absolute Gasteiger partial charge is 0.369 e. The first-order valence-corrected chi connectivity index (χ1v) is 6.90. The Morgan fingerprint density at radius 1 is 1.33 bits per heavy atom. The number of nitrogens with zero attached hydrogens (tertiary/aromatic N) is 1. The average molecular weight is 250 g/mol. The number of hydrogen-bond acceptors (Lipinski definition) is 2. The van der Waals surface area contributed by atoms with Gasteiger partial charge >= 0.3 is 0 Å². The second kappa shape index (κ2) is 5.70. The molecule has 1 aliphatic carbocycles. The van der Waals surface area contributed by atoms with Gasteiger partial charge in [0.15, 0.2) is 0 Å². The highest BCUT2D eigenvalue weighted by molar-refractivity contribution is 5.47. The van der Waals surface area contributed by atoms with Crippen LogP contribution in [0.25, 0.3) is 0 Å². The van der Waals surface area contributed by atoms with E-state index in [1.54, 1.807) is 6.07 Å². The number of nitrogens with two attached hydrogens (primary N) is 1. The standard InChI is InChI=1S/C15H23FN2/c1-2-18(14-7-4-3-6-13(14)16)11-10-15(12-17)8-5-9-15/h3-4,6-7H,2,5,8-12,17H2,1H3. The number of para-hydroxylation sites is 1. The number of anilines is 1. The Morgan fingerprint density at radius 3 is 2.56 bits per heavy atom. The van der Waals surface area contributed by atoms with Crippen LogP contribution in [0.3, 0.4) is 0 Å². The van der Waals surface area contributed by atoms with Crippen LogP contribution in [0.1, 0.15) is 32.6 Å². The molecular weight excluding hydrogens is 227 g/mol. The third-order valence-corrected chi connectivity index (χ3v) is 4.33. The normalized spacial score (nSPS) is 17.3. The van der Waals surface area contributed by atoms with Crippen molar-refractivity contribution < 1.29 is 4.39 Å². The van der Waals surface area contributed by atoms with Gasteiger partial charge in [0.25, 0.3) is 0 Å². The fourth-order valence-corrected chi connectivity index (χ4v) is 2.76. The molecule has 2 nitrogen and oxygen atoms in total. The third-order valence-electron chi connectivity index (χ3n) is 4.33. The van der Waals surface area contributed by atoms with Gasteiger partial charge in [0.2, 0.25) is 0 Å². The zero-order valence-electron chi connectivity index (χ0n) is 11.2. The Bertz CT molecular complexity index is 382. The molecule has 1 aliphatic rings. The van der Waals surface area contributed by atoms with Gasteiger partial charge in [0.05, 0.1) is 5.69 Å². The fraction of sp³-hybridized carbons (Fsp3) is 0.600. The summed E-state index contributed by atoms with van der Waals surface area (Å²) in [6.45, 7) is 4.57. The molecule has 18 heavy (non-hydrogen) atoms. The van der Waals surface area contributed by atoms with Crippen LogP contribution < -0.4 is 10.6 Å². The van der Waals surface area contributed by atoms with Crippen LogP contribution in [0.15, 0.2) is 24.3 Å². The highest BCUT2D eigenvalue weighted by Crippen LogP contribution is 2.43. The smallest absolute Gasteiger partial charge is 0.146 e. The summed E-state index contributed by atoms with van der Waals surface area (Å²) in [7, 11) is 0. The lowest BCUT2D eigenvalue weighted by Crippen LogP contribution is -2.40. The molecule has 0 aliphatic heterocycles. The lowest BCUT2D eigenvalue weighted by Gasteiger charge is -2.42. The third kappa shape index (κ3) is 2.66. The minimum absolute atomic E-state index is 0.130. The van der Waals surface area contributed by atoms with E-state index in [1.165, 1.54) is 25.3 Å². The van der Waals surface area contributed by atoms with E-state index in [0.29, 0.717) is 11.1 Å². The molecule has 0 heterocycles. The molecule has 0 atom stereocenters. The molecule has 0 amide bonds. The maximum absolute atomic E-state index is 13.8. The predicted octanol–water partition coefficient (Wildman–Crippen LogP) is 3.17. The SMILES string of the molecule is CCN(CCC1(CN)CCC1)c1ccccc1F. The van der Waals surface area contributed by atoms with Gasteiger partial charge in [-0.05, 0) is 50.3 Å². The van der Waals surface area contributed by atoms with Crippen molar-refractivity contribution in [1.82, 2.24) is 0 Å². The van der Waals surface area contributed by atoms with Crippen LogP contribution in [-0.2, 0) is 0 Å². The second-order valence-corrected chi connectivity index (χ2v) is 5.34. The van der Waals surface area contributed by atoms with Crippen molar-refractivity contribution in [2.75, 3.05) is 24.5 Å². The Morgan fingerprint density at radius 2 is 2.06 bits per heavy atom. The van der Waals surface area contributed by atoms with E-state index in [0.717, 1.165) is 26.1 Å². The van der Waals surface area contributed by atoms with Crippen LogP contribution in [0.4, 0.5) is 10.1 Å². The quantitative estimate of drug-likeness (QED) is 0.840. The zero-order chi connectivity index (χ0) is 13.0. The van der Waals surface area contributed by atoms with E-state index in [4.69, 9.17) is 5.73 Å². The van der Waals surface area contributed by atoms with E-state index >= 15 is 0 Å². The maximum Gasteiger partial charge on any atom is 0.146 e. The topological polar surface area (TPSA) is 29.3 Å². The van der Waals surface area contributed by atoms with Gasteiger partial charge in [-0.2, -0.15) is 0 Å². The minimum atomic E-state index is -0.130. The second-order valence-electron chi connectivity index (χ2n) is 5.34. The van der Waals surface area contributed by atoms with Gasteiger partial charge in [0, 0.05) is 13.1 Å². The molecule has 100 valence electrons. The summed E-state index contributed by atoms with van der Waals surface area (Å²) in [6, 6.07) is 7.01.